The van der Waals surface area contributed by atoms with Crippen LogP contribution in [0.25, 0.3) is 6.08 Å². The van der Waals surface area contributed by atoms with Gasteiger partial charge < -0.3 is 10.6 Å². The maximum Gasteiger partial charge on any atom is 0.251 e. The van der Waals surface area contributed by atoms with Crippen molar-refractivity contribution in [1.29, 1.82) is 0 Å². The SMILES string of the molecule is CNC(=O)/C=C/c1ccc(C(=O)NC)cc1. The minimum atomic E-state index is -0.157. The first-order valence-corrected chi connectivity index (χ1v) is 4.89. The Labute approximate surface area is 94.4 Å². The van der Waals surface area contributed by atoms with E-state index in [0.29, 0.717) is 5.56 Å². The number of likely N-dealkylation sites (N-methyl/N-ethyl adjacent to an activating group) is 1. The molecular formula is C12H14N2O2. The van der Waals surface area contributed by atoms with E-state index in [2.05, 4.69) is 10.6 Å². The second-order valence-corrected chi connectivity index (χ2v) is 3.15. The van der Waals surface area contributed by atoms with Crippen molar-refractivity contribution in [1.82, 2.24) is 10.6 Å². The lowest BCUT2D eigenvalue weighted by Crippen LogP contribution is -2.17. The van der Waals surface area contributed by atoms with Crippen molar-refractivity contribution >= 4 is 17.9 Å². The van der Waals surface area contributed by atoms with Crippen LogP contribution in [0.15, 0.2) is 30.3 Å². The number of carbonyl (C=O) groups is 2. The van der Waals surface area contributed by atoms with E-state index >= 15 is 0 Å². The molecule has 2 N–H and O–H groups in total. The van der Waals surface area contributed by atoms with Crippen LogP contribution in [0, 0.1) is 0 Å². The van der Waals surface area contributed by atoms with Gasteiger partial charge in [0.05, 0.1) is 0 Å². The minimum Gasteiger partial charge on any atom is -0.356 e. The van der Waals surface area contributed by atoms with Crippen molar-refractivity contribution < 1.29 is 9.59 Å². The summed E-state index contributed by atoms with van der Waals surface area (Å²) in [5.74, 6) is -0.280. The first kappa shape index (κ1) is 12.0. The molecule has 0 radical (unpaired) electrons. The van der Waals surface area contributed by atoms with Crippen molar-refractivity contribution in [2.75, 3.05) is 14.1 Å². The third-order valence-electron chi connectivity index (χ3n) is 2.07. The molecular weight excluding hydrogens is 204 g/mol. The standard InChI is InChI=1S/C12H14N2O2/c1-13-11(15)8-5-9-3-6-10(7-4-9)12(16)14-2/h3-8H,1-2H3,(H,13,15)(H,14,16)/b8-5+. The summed E-state index contributed by atoms with van der Waals surface area (Å²) >= 11 is 0. The molecule has 0 aliphatic carbocycles. The number of carbonyl (C=O) groups excluding carboxylic acids is 2. The Bertz CT molecular complexity index is 408. The lowest BCUT2D eigenvalue weighted by molar-refractivity contribution is -0.115. The smallest absolute Gasteiger partial charge is 0.251 e. The molecule has 0 atom stereocenters. The van der Waals surface area contributed by atoms with Crippen LogP contribution in [-0.4, -0.2) is 25.9 Å². The largest absolute Gasteiger partial charge is 0.356 e. The number of hydrogen-bond acceptors (Lipinski definition) is 2. The van der Waals surface area contributed by atoms with Gasteiger partial charge in [0.2, 0.25) is 5.91 Å². The Morgan fingerprint density at radius 1 is 1.06 bits per heavy atom. The van der Waals surface area contributed by atoms with Gasteiger partial charge in [0, 0.05) is 25.7 Å². The van der Waals surface area contributed by atoms with Crippen LogP contribution >= 0.6 is 0 Å². The maximum atomic E-state index is 11.2. The molecule has 0 bridgehead atoms. The van der Waals surface area contributed by atoms with Gasteiger partial charge in [-0.3, -0.25) is 9.59 Å². The number of benzene rings is 1. The molecule has 1 rings (SSSR count). The second-order valence-electron chi connectivity index (χ2n) is 3.15. The fourth-order valence-corrected chi connectivity index (χ4v) is 1.15. The maximum absolute atomic E-state index is 11.2. The first-order valence-electron chi connectivity index (χ1n) is 4.89. The summed E-state index contributed by atoms with van der Waals surface area (Å²) in [5, 5.41) is 5.02. The highest BCUT2D eigenvalue weighted by molar-refractivity contribution is 5.94. The number of nitrogens with one attached hydrogen (secondary N) is 2. The topological polar surface area (TPSA) is 58.2 Å². The summed E-state index contributed by atoms with van der Waals surface area (Å²) in [7, 11) is 3.16. The zero-order valence-electron chi connectivity index (χ0n) is 9.28. The quantitative estimate of drug-likeness (QED) is 0.737. The van der Waals surface area contributed by atoms with Crippen molar-refractivity contribution in [2.45, 2.75) is 0 Å². The molecule has 0 aliphatic heterocycles. The fraction of sp³-hybridized carbons (Fsp3) is 0.167. The predicted octanol–water partition coefficient (Wildman–Crippen LogP) is 0.805. The predicted molar refractivity (Wildman–Crippen MR) is 62.9 cm³/mol. The van der Waals surface area contributed by atoms with Crippen molar-refractivity contribution in [2.24, 2.45) is 0 Å². The molecule has 2 amide bonds. The lowest BCUT2D eigenvalue weighted by atomic mass is 10.1. The zero-order valence-corrected chi connectivity index (χ0v) is 9.28. The molecule has 0 saturated carbocycles. The highest BCUT2D eigenvalue weighted by Gasteiger charge is 2.00. The van der Waals surface area contributed by atoms with Gasteiger partial charge in [0.1, 0.15) is 0 Å². The summed E-state index contributed by atoms with van der Waals surface area (Å²) in [6.45, 7) is 0. The van der Waals surface area contributed by atoms with Gasteiger partial charge in [-0.05, 0) is 23.8 Å². The first-order chi connectivity index (χ1) is 7.67. The summed E-state index contributed by atoms with van der Waals surface area (Å²) < 4.78 is 0. The molecule has 0 spiro atoms. The molecule has 0 unspecified atom stereocenters. The van der Waals surface area contributed by atoms with Crippen molar-refractivity contribution in [3.63, 3.8) is 0 Å². The van der Waals surface area contributed by atoms with Crippen LogP contribution in [0.2, 0.25) is 0 Å². The highest BCUT2D eigenvalue weighted by atomic mass is 16.2. The molecule has 0 aliphatic rings. The van der Waals surface area contributed by atoms with Crippen LogP contribution in [0.4, 0.5) is 0 Å². The fourth-order valence-electron chi connectivity index (χ4n) is 1.15. The molecule has 4 nitrogen and oxygen atoms in total. The Morgan fingerprint density at radius 2 is 1.69 bits per heavy atom. The van der Waals surface area contributed by atoms with E-state index in [1.165, 1.54) is 6.08 Å². The average Bonchev–Trinajstić information content (AvgIpc) is 2.35. The van der Waals surface area contributed by atoms with Gasteiger partial charge in [-0.1, -0.05) is 12.1 Å². The van der Waals surface area contributed by atoms with Crippen molar-refractivity contribution in [3.8, 4) is 0 Å². The average molecular weight is 218 g/mol. The molecule has 16 heavy (non-hydrogen) atoms. The summed E-state index contributed by atoms with van der Waals surface area (Å²) in [5.41, 5.74) is 1.47. The van der Waals surface area contributed by atoms with Gasteiger partial charge in [0.15, 0.2) is 0 Å². The van der Waals surface area contributed by atoms with Crippen LogP contribution in [0.1, 0.15) is 15.9 Å². The minimum absolute atomic E-state index is 0.123. The summed E-state index contributed by atoms with van der Waals surface area (Å²) in [6, 6.07) is 6.98. The lowest BCUT2D eigenvalue weighted by Gasteiger charge is -1.99. The second kappa shape index (κ2) is 5.70. The highest BCUT2D eigenvalue weighted by Crippen LogP contribution is 2.05. The Kier molecular flexibility index (Phi) is 4.27. The number of amides is 2. The van der Waals surface area contributed by atoms with Gasteiger partial charge in [-0.25, -0.2) is 0 Å². The van der Waals surface area contributed by atoms with Gasteiger partial charge in [-0.2, -0.15) is 0 Å². The van der Waals surface area contributed by atoms with Crippen LogP contribution in [-0.2, 0) is 4.79 Å². The van der Waals surface area contributed by atoms with Crippen LogP contribution in [0.5, 0.6) is 0 Å². The molecule has 84 valence electrons. The molecule has 0 saturated heterocycles. The number of rotatable bonds is 3. The third kappa shape index (κ3) is 3.24. The summed E-state index contributed by atoms with van der Waals surface area (Å²) in [6.07, 6.45) is 3.13. The van der Waals surface area contributed by atoms with Gasteiger partial charge in [0.25, 0.3) is 5.91 Å². The van der Waals surface area contributed by atoms with Gasteiger partial charge in [-0.15, -0.1) is 0 Å². The van der Waals surface area contributed by atoms with Crippen molar-refractivity contribution in [3.05, 3.63) is 41.5 Å². The van der Waals surface area contributed by atoms with E-state index in [-0.39, 0.29) is 11.8 Å². The third-order valence-corrected chi connectivity index (χ3v) is 2.07. The molecule has 4 heteroatoms. The zero-order chi connectivity index (χ0) is 12.0. The van der Waals surface area contributed by atoms with E-state index < -0.39 is 0 Å². The summed E-state index contributed by atoms with van der Waals surface area (Å²) in [4.78, 5) is 22.2. The monoisotopic (exact) mass is 218 g/mol. The Morgan fingerprint density at radius 3 is 2.19 bits per heavy atom. The Hall–Kier alpha value is -2.10. The Balaban J connectivity index is 2.75. The molecule has 1 aromatic carbocycles. The normalized spacial score (nSPS) is 10.1. The molecule has 0 aromatic heterocycles. The van der Waals surface area contributed by atoms with E-state index in [1.807, 2.05) is 0 Å². The van der Waals surface area contributed by atoms with E-state index in [1.54, 1.807) is 44.4 Å². The van der Waals surface area contributed by atoms with E-state index in [0.717, 1.165) is 5.56 Å². The molecule has 0 fully saturated rings. The molecule has 0 heterocycles. The number of hydrogen-bond donors (Lipinski definition) is 2. The molecule has 1 aromatic rings. The van der Waals surface area contributed by atoms with Crippen LogP contribution < -0.4 is 10.6 Å². The van der Waals surface area contributed by atoms with Gasteiger partial charge >= 0.3 is 0 Å². The van der Waals surface area contributed by atoms with Crippen LogP contribution in [0.3, 0.4) is 0 Å². The van der Waals surface area contributed by atoms with E-state index in [9.17, 15) is 9.59 Å². The van der Waals surface area contributed by atoms with E-state index in [4.69, 9.17) is 0 Å².